The molecule has 0 aromatic carbocycles. The van der Waals surface area contributed by atoms with Gasteiger partial charge in [0.25, 0.3) is 0 Å². The maximum absolute atomic E-state index is 10.8. The molecule has 0 radical (unpaired) electrons. The molecule has 1 unspecified atom stereocenters. The topological polar surface area (TPSA) is 55.6 Å². The van der Waals surface area contributed by atoms with Crippen LogP contribution in [0.5, 0.6) is 0 Å². The quantitative estimate of drug-likeness (QED) is 0.609. The van der Waals surface area contributed by atoms with Gasteiger partial charge in [0.15, 0.2) is 0 Å². The Bertz CT molecular complexity index is 147. The molecule has 2 N–H and O–H groups in total. The highest BCUT2D eigenvalue weighted by Crippen LogP contribution is 2.06. The van der Waals surface area contributed by atoms with Crippen LogP contribution in [0.4, 0.5) is 0 Å². The van der Waals surface area contributed by atoms with Crippen molar-refractivity contribution in [3.63, 3.8) is 0 Å². The van der Waals surface area contributed by atoms with Gasteiger partial charge in [0, 0.05) is 25.6 Å². The molecular formula is C7H14N2O2. The summed E-state index contributed by atoms with van der Waals surface area (Å²) in [5.41, 5.74) is 5.54. The van der Waals surface area contributed by atoms with Crippen molar-refractivity contribution in [1.82, 2.24) is 5.06 Å². The summed E-state index contributed by atoms with van der Waals surface area (Å²) in [6, 6.07) is 0.0564. The molecule has 0 spiro atoms. The van der Waals surface area contributed by atoms with Crippen LogP contribution in [0.3, 0.4) is 0 Å². The number of hydrogen-bond donors (Lipinski definition) is 1. The Hall–Kier alpha value is -0.610. The summed E-state index contributed by atoms with van der Waals surface area (Å²) in [7, 11) is 0. The molecule has 4 nitrogen and oxygen atoms in total. The van der Waals surface area contributed by atoms with Crippen molar-refractivity contribution in [3.05, 3.63) is 0 Å². The molecule has 64 valence electrons. The monoisotopic (exact) mass is 158 g/mol. The van der Waals surface area contributed by atoms with E-state index < -0.39 is 0 Å². The van der Waals surface area contributed by atoms with E-state index in [0.29, 0.717) is 13.0 Å². The van der Waals surface area contributed by atoms with E-state index in [4.69, 9.17) is 10.6 Å². The van der Waals surface area contributed by atoms with Gasteiger partial charge >= 0.3 is 5.97 Å². The van der Waals surface area contributed by atoms with E-state index >= 15 is 0 Å². The molecule has 0 aromatic rings. The zero-order valence-electron chi connectivity index (χ0n) is 6.75. The first-order valence-corrected chi connectivity index (χ1v) is 3.90. The van der Waals surface area contributed by atoms with Gasteiger partial charge in [0.2, 0.25) is 0 Å². The van der Waals surface area contributed by atoms with Gasteiger partial charge in [-0.1, -0.05) is 0 Å². The van der Waals surface area contributed by atoms with E-state index in [-0.39, 0.29) is 12.0 Å². The van der Waals surface area contributed by atoms with Gasteiger partial charge in [-0.3, -0.25) is 4.79 Å². The normalized spacial score (nSPS) is 22.9. The number of rotatable bonds is 2. The van der Waals surface area contributed by atoms with Gasteiger partial charge in [-0.05, 0) is 13.3 Å². The van der Waals surface area contributed by atoms with Crippen molar-refractivity contribution in [2.45, 2.75) is 25.8 Å². The smallest absolute Gasteiger partial charge is 0.325 e. The first-order valence-electron chi connectivity index (χ1n) is 3.90. The second-order valence-corrected chi connectivity index (χ2v) is 2.93. The number of hydrogen-bond acceptors (Lipinski definition) is 4. The van der Waals surface area contributed by atoms with E-state index in [2.05, 4.69) is 0 Å². The highest BCUT2D eigenvalue weighted by atomic mass is 16.7. The number of nitrogens with zero attached hydrogens (tertiary/aromatic N) is 1. The Morgan fingerprint density at radius 1 is 1.82 bits per heavy atom. The molecule has 11 heavy (non-hydrogen) atoms. The lowest BCUT2D eigenvalue weighted by atomic mass is 10.2. The Morgan fingerprint density at radius 2 is 2.55 bits per heavy atom. The van der Waals surface area contributed by atoms with E-state index in [0.717, 1.165) is 13.0 Å². The van der Waals surface area contributed by atoms with Gasteiger partial charge in [-0.2, -0.15) is 0 Å². The minimum atomic E-state index is -0.142. The second kappa shape index (κ2) is 3.69. The lowest BCUT2D eigenvalue weighted by Crippen LogP contribution is -2.40. The van der Waals surface area contributed by atoms with Crippen LogP contribution in [-0.4, -0.2) is 30.2 Å². The summed E-state index contributed by atoms with van der Waals surface area (Å²) in [6.07, 6.45) is 1.42. The predicted molar refractivity (Wildman–Crippen MR) is 40.5 cm³/mol. The summed E-state index contributed by atoms with van der Waals surface area (Å²) in [5, 5.41) is 1.64. The van der Waals surface area contributed by atoms with Crippen LogP contribution in [-0.2, 0) is 9.63 Å². The van der Waals surface area contributed by atoms with Crippen molar-refractivity contribution in [2.75, 3.05) is 13.1 Å². The molecule has 1 heterocycles. The third-order valence-electron chi connectivity index (χ3n) is 1.51. The number of hydroxylamine groups is 2. The van der Waals surface area contributed by atoms with Crippen molar-refractivity contribution >= 4 is 5.97 Å². The minimum absolute atomic E-state index is 0.0564. The van der Waals surface area contributed by atoms with Gasteiger partial charge in [-0.25, -0.2) is 0 Å². The maximum atomic E-state index is 10.8. The van der Waals surface area contributed by atoms with E-state index in [1.807, 2.05) is 6.92 Å². The Kier molecular flexibility index (Phi) is 2.84. The van der Waals surface area contributed by atoms with Crippen LogP contribution in [0.1, 0.15) is 19.8 Å². The van der Waals surface area contributed by atoms with Crippen LogP contribution in [0.25, 0.3) is 0 Å². The molecule has 1 aliphatic rings. The molecule has 0 bridgehead atoms. The summed E-state index contributed by atoms with van der Waals surface area (Å²) < 4.78 is 0. The Morgan fingerprint density at radius 3 is 3.09 bits per heavy atom. The predicted octanol–water partition coefficient (Wildman–Crippen LogP) is -0.112. The highest BCUT2D eigenvalue weighted by molar-refractivity contribution is 5.69. The highest BCUT2D eigenvalue weighted by Gasteiger charge is 2.18. The molecule has 0 saturated carbocycles. The molecule has 0 aromatic heterocycles. The molecule has 1 atom stereocenters. The fraction of sp³-hybridized carbons (Fsp3) is 0.857. The first-order chi connectivity index (χ1) is 5.18. The zero-order chi connectivity index (χ0) is 8.27. The van der Waals surface area contributed by atoms with E-state index in [1.54, 1.807) is 5.06 Å². The van der Waals surface area contributed by atoms with Crippen LogP contribution < -0.4 is 5.73 Å². The van der Waals surface area contributed by atoms with Crippen molar-refractivity contribution < 1.29 is 9.63 Å². The van der Waals surface area contributed by atoms with Crippen LogP contribution in [0.2, 0.25) is 0 Å². The van der Waals surface area contributed by atoms with Crippen LogP contribution in [0.15, 0.2) is 0 Å². The standard InChI is InChI=1S/C7H14N2O2/c1-6(8)5-9-4-2-3-7(10)11-9/h6H,2-5,8H2,1H3. The van der Waals surface area contributed by atoms with Gasteiger partial charge < -0.3 is 10.6 Å². The Balaban J connectivity index is 2.28. The second-order valence-electron chi connectivity index (χ2n) is 2.93. The molecule has 1 saturated heterocycles. The third kappa shape index (κ3) is 2.86. The van der Waals surface area contributed by atoms with Gasteiger partial charge in [0.05, 0.1) is 0 Å². The summed E-state index contributed by atoms with van der Waals surface area (Å²) >= 11 is 0. The van der Waals surface area contributed by atoms with Gasteiger partial charge in [0.1, 0.15) is 0 Å². The largest absolute Gasteiger partial charge is 0.368 e. The van der Waals surface area contributed by atoms with Crippen LogP contribution >= 0.6 is 0 Å². The number of carbonyl (C=O) groups excluding carboxylic acids is 1. The van der Waals surface area contributed by atoms with Crippen LogP contribution in [0, 0.1) is 0 Å². The minimum Gasteiger partial charge on any atom is -0.368 e. The molecule has 0 aliphatic carbocycles. The molecule has 1 rings (SSSR count). The first kappa shape index (κ1) is 8.49. The average molecular weight is 158 g/mol. The van der Waals surface area contributed by atoms with E-state index in [9.17, 15) is 4.79 Å². The fourth-order valence-electron chi connectivity index (χ4n) is 1.08. The molecule has 1 fully saturated rings. The van der Waals surface area contributed by atoms with Crippen molar-refractivity contribution in [1.29, 1.82) is 0 Å². The van der Waals surface area contributed by atoms with Crippen molar-refractivity contribution in [3.8, 4) is 0 Å². The average Bonchev–Trinajstić information content (AvgIpc) is 1.85. The summed E-state index contributed by atoms with van der Waals surface area (Å²) in [4.78, 5) is 15.7. The number of nitrogens with two attached hydrogens (primary N) is 1. The molecule has 0 amide bonds. The van der Waals surface area contributed by atoms with Crippen molar-refractivity contribution in [2.24, 2.45) is 5.73 Å². The Labute approximate surface area is 66.3 Å². The fourth-order valence-corrected chi connectivity index (χ4v) is 1.08. The zero-order valence-corrected chi connectivity index (χ0v) is 6.75. The maximum Gasteiger partial charge on any atom is 0.325 e. The molecule has 4 heteroatoms. The summed E-state index contributed by atoms with van der Waals surface area (Å²) in [5.74, 6) is -0.142. The SMILES string of the molecule is CC(N)CN1CCCC(=O)O1. The third-order valence-corrected chi connectivity index (χ3v) is 1.51. The molecular weight excluding hydrogens is 144 g/mol. The summed E-state index contributed by atoms with van der Waals surface area (Å²) in [6.45, 7) is 3.33. The van der Waals surface area contributed by atoms with E-state index in [1.165, 1.54) is 0 Å². The lowest BCUT2D eigenvalue weighted by Gasteiger charge is -2.26. The number of carbonyl (C=O) groups is 1. The molecule has 1 aliphatic heterocycles. The lowest BCUT2D eigenvalue weighted by molar-refractivity contribution is -0.201. The van der Waals surface area contributed by atoms with Gasteiger partial charge in [-0.15, -0.1) is 5.06 Å².